The molecule has 4 aliphatic rings. The van der Waals surface area contributed by atoms with Gasteiger partial charge in [-0.1, -0.05) is 15.9 Å². The summed E-state index contributed by atoms with van der Waals surface area (Å²) in [5.74, 6) is 1.98. The summed E-state index contributed by atoms with van der Waals surface area (Å²) in [5.41, 5.74) is 1.28. The Balaban J connectivity index is 1.44. The van der Waals surface area contributed by atoms with Gasteiger partial charge in [0.05, 0.1) is 17.2 Å². The van der Waals surface area contributed by atoms with E-state index in [4.69, 9.17) is 0 Å². The SMILES string of the molecule is Cc1nc(CN(C)C(=O)CC23C[C@H]4C[C@@H](CC(Br)(C4)C2)C3)cs1. The molecule has 0 N–H and O–H groups in total. The highest BCUT2D eigenvalue weighted by Crippen LogP contribution is 2.65. The number of carbonyl (C=O) groups excluding carboxylic acids is 1. The second-order valence-corrected chi connectivity index (χ2v) is 11.1. The van der Waals surface area contributed by atoms with E-state index in [0.717, 1.165) is 29.0 Å². The summed E-state index contributed by atoms with van der Waals surface area (Å²) >= 11 is 5.70. The van der Waals surface area contributed by atoms with Crippen LogP contribution in [0.25, 0.3) is 0 Å². The van der Waals surface area contributed by atoms with Crippen LogP contribution in [0.2, 0.25) is 0 Å². The molecule has 23 heavy (non-hydrogen) atoms. The van der Waals surface area contributed by atoms with E-state index >= 15 is 0 Å². The third-order valence-electron chi connectivity index (χ3n) is 6.13. The maximum Gasteiger partial charge on any atom is 0.223 e. The Bertz CT molecular complexity index is 614. The summed E-state index contributed by atoms with van der Waals surface area (Å²) < 4.78 is 0.335. The molecule has 3 nitrogen and oxygen atoms in total. The van der Waals surface area contributed by atoms with Crippen LogP contribution in [0.3, 0.4) is 0 Å². The first-order valence-corrected chi connectivity index (χ1v) is 10.4. The van der Waals surface area contributed by atoms with E-state index in [1.165, 1.54) is 38.5 Å². The Morgan fingerprint density at radius 3 is 2.65 bits per heavy atom. The molecule has 4 saturated carbocycles. The van der Waals surface area contributed by atoms with Gasteiger partial charge in [-0.25, -0.2) is 4.98 Å². The van der Waals surface area contributed by atoms with Gasteiger partial charge in [-0.2, -0.15) is 0 Å². The van der Waals surface area contributed by atoms with E-state index in [0.29, 0.717) is 16.8 Å². The van der Waals surface area contributed by atoms with Crippen LogP contribution in [0, 0.1) is 24.2 Å². The number of halogens is 1. The Labute approximate surface area is 151 Å². The van der Waals surface area contributed by atoms with Crippen molar-refractivity contribution in [2.75, 3.05) is 7.05 Å². The Hall–Kier alpha value is -0.420. The van der Waals surface area contributed by atoms with Crippen LogP contribution < -0.4 is 0 Å². The predicted molar refractivity (Wildman–Crippen MR) is 96.7 cm³/mol. The zero-order chi connectivity index (χ0) is 16.2. The van der Waals surface area contributed by atoms with E-state index in [1.807, 2.05) is 18.9 Å². The molecule has 1 aromatic heterocycles. The molecule has 4 bridgehead atoms. The van der Waals surface area contributed by atoms with Crippen molar-refractivity contribution in [1.82, 2.24) is 9.88 Å². The molecule has 4 aliphatic carbocycles. The van der Waals surface area contributed by atoms with Gasteiger partial charge in [0.2, 0.25) is 5.91 Å². The number of thiazole rings is 1. The van der Waals surface area contributed by atoms with Gasteiger partial charge in [0.1, 0.15) is 0 Å². The van der Waals surface area contributed by atoms with Crippen molar-refractivity contribution < 1.29 is 4.79 Å². The average molecular weight is 397 g/mol. The smallest absolute Gasteiger partial charge is 0.223 e. The van der Waals surface area contributed by atoms with Gasteiger partial charge in [0.25, 0.3) is 0 Å². The zero-order valence-electron chi connectivity index (χ0n) is 14.0. The summed E-state index contributed by atoms with van der Waals surface area (Å²) in [6.07, 6.45) is 8.52. The summed E-state index contributed by atoms with van der Waals surface area (Å²) in [5, 5.41) is 3.14. The molecular formula is C18H25BrN2OS. The molecule has 1 amide bonds. The van der Waals surface area contributed by atoms with Crippen molar-refractivity contribution in [2.45, 2.75) is 62.7 Å². The van der Waals surface area contributed by atoms with E-state index < -0.39 is 0 Å². The van der Waals surface area contributed by atoms with Crippen LogP contribution in [0.15, 0.2) is 5.38 Å². The van der Waals surface area contributed by atoms with Crippen LogP contribution in [-0.2, 0) is 11.3 Å². The van der Waals surface area contributed by atoms with Crippen molar-refractivity contribution in [2.24, 2.45) is 17.3 Å². The highest BCUT2D eigenvalue weighted by atomic mass is 79.9. The fourth-order valence-corrected chi connectivity index (χ4v) is 7.92. The number of aryl methyl sites for hydroxylation is 1. The van der Waals surface area contributed by atoms with E-state index in [2.05, 4.69) is 26.3 Å². The molecule has 4 fully saturated rings. The minimum absolute atomic E-state index is 0.261. The Kier molecular flexibility index (Phi) is 3.88. The molecule has 0 saturated heterocycles. The molecule has 1 heterocycles. The quantitative estimate of drug-likeness (QED) is 0.700. The van der Waals surface area contributed by atoms with Crippen molar-refractivity contribution in [3.63, 3.8) is 0 Å². The summed E-state index contributed by atoms with van der Waals surface area (Å²) in [6, 6.07) is 0. The molecule has 0 spiro atoms. The number of amides is 1. The molecule has 1 aromatic rings. The topological polar surface area (TPSA) is 33.2 Å². The van der Waals surface area contributed by atoms with Gasteiger partial charge in [0.15, 0.2) is 0 Å². The Morgan fingerprint density at radius 2 is 2.09 bits per heavy atom. The van der Waals surface area contributed by atoms with Gasteiger partial charge in [-0.05, 0) is 62.7 Å². The number of hydrogen-bond acceptors (Lipinski definition) is 3. The molecule has 0 unspecified atom stereocenters. The van der Waals surface area contributed by atoms with Crippen molar-refractivity contribution in [3.8, 4) is 0 Å². The van der Waals surface area contributed by atoms with Gasteiger partial charge >= 0.3 is 0 Å². The van der Waals surface area contributed by atoms with Gasteiger partial charge < -0.3 is 4.90 Å². The molecule has 2 atom stereocenters. The minimum Gasteiger partial charge on any atom is -0.340 e. The van der Waals surface area contributed by atoms with Crippen molar-refractivity contribution in [1.29, 1.82) is 0 Å². The van der Waals surface area contributed by atoms with Crippen LogP contribution in [-0.4, -0.2) is 27.2 Å². The maximum atomic E-state index is 12.8. The number of aromatic nitrogens is 1. The second-order valence-electron chi connectivity index (χ2n) is 8.40. The first kappa shape index (κ1) is 16.1. The Morgan fingerprint density at radius 1 is 1.39 bits per heavy atom. The second kappa shape index (κ2) is 5.55. The van der Waals surface area contributed by atoms with Gasteiger partial charge in [-0.15, -0.1) is 11.3 Å². The standard InChI is InChI=1S/C18H25BrN2OS/c1-12-20-15(10-23-12)9-21(2)16(22)8-17-4-13-3-14(5-17)7-18(19,6-13)11-17/h10,13-14H,3-9,11H2,1-2H3/t13-,14-,17?,18?/m1/s1. The zero-order valence-corrected chi connectivity index (χ0v) is 16.4. The van der Waals surface area contributed by atoms with Crippen molar-refractivity contribution in [3.05, 3.63) is 16.1 Å². The maximum absolute atomic E-state index is 12.8. The normalized spacial score (nSPS) is 38.0. The highest BCUT2D eigenvalue weighted by molar-refractivity contribution is 9.10. The predicted octanol–water partition coefficient (Wildman–Crippen LogP) is 4.53. The minimum atomic E-state index is 0.261. The van der Waals surface area contributed by atoms with E-state index in [1.54, 1.807) is 11.3 Å². The molecule has 0 aromatic carbocycles. The summed E-state index contributed by atoms with van der Waals surface area (Å²) in [7, 11) is 1.93. The number of carbonyl (C=O) groups is 1. The first-order chi connectivity index (χ1) is 10.8. The van der Waals surface area contributed by atoms with E-state index in [-0.39, 0.29) is 5.41 Å². The average Bonchev–Trinajstić information content (AvgIpc) is 2.80. The molecular weight excluding hydrogens is 372 g/mol. The lowest BCUT2D eigenvalue weighted by atomic mass is 9.48. The number of rotatable bonds is 4. The van der Waals surface area contributed by atoms with Gasteiger partial charge in [0, 0.05) is 23.2 Å². The highest BCUT2D eigenvalue weighted by Gasteiger charge is 2.57. The summed E-state index contributed by atoms with van der Waals surface area (Å²) in [4.78, 5) is 19.2. The number of alkyl halides is 1. The molecule has 0 radical (unpaired) electrons. The monoisotopic (exact) mass is 396 g/mol. The first-order valence-electron chi connectivity index (χ1n) is 8.69. The molecule has 5 heteroatoms. The third kappa shape index (κ3) is 3.11. The summed E-state index contributed by atoms with van der Waals surface area (Å²) in [6.45, 7) is 2.66. The molecule has 0 aliphatic heterocycles. The third-order valence-corrected chi connectivity index (χ3v) is 7.88. The fraction of sp³-hybridized carbons (Fsp3) is 0.778. The van der Waals surface area contributed by atoms with Gasteiger partial charge in [-0.3, -0.25) is 4.79 Å². The van der Waals surface area contributed by atoms with Crippen LogP contribution >= 0.6 is 27.3 Å². The fourth-order valence-electron chi connectivity index (χ4n) is 5.81. The number of hydrogen-bond donors (Lipinski definition) is 0. The lowest BCUT2D eigenvalue weighted by Gasteiger charge is -2.60. The van der Waals surface area contributed by atoms with E-state index in [9.17, 15) is 4.79 Å². The van der Waals surface area contributed by atoms with Crippen LogP contribution in [0.5, 0.6) is 0 Å². The molecule has 126 valence electrons. The van der Waals surface area contributed by atoms with Crippen molar-refractivity contribution >= 4 is 33.2 Å². The molecule has 5 rings (SSSR count). The van der Waals surface area contributed by atoms with Crippen LogP contribution in [0.4, 0.5) is 0 Å². The lowest BCUT2D eigenvalue weighted by Crippen LogP contribution is -2.54. The lowest BCUT2D eigenvalue weighted by molar-refractivity contribution is -0.137. The largest absolute Gasteiger partial charge is 0.340 e. The van der Waals surface area contributed by atoms with Crippen LogP contribution in [0.1, 0.15) is 55.6 Å². The number of nitrogens with zero attached hydrogens (tertiary/aromatic N) is 2.